The first-order valence-corrected chi connectivity index (χ1v) is 7.63. The first kappa shape index (κ1) is 13.4. The van der Waals surface area contributed by atoms with Crippen molar-refractivity contribution in [2.45, 2.75) is 6.42 Å². The van der Waals surface area contributed by atoms with E-state index in [1.807, 2.05) is 18.2 Å². The second-order valence-electron chi connectivity index (χ2n) is 5.30. The summed E-state index contributed by atoms with van der Waals surface area (Å²) in [6, 6.07) is 9.35. The van der Waals surface area contributed by atoms with Gasteiger partial charge < -0.3 is 14.8 Å². The molecule has 5 heteroatoms. The topological polar surface area (TPSA) is 62.3 Å². The minimum atomic E-state index is -0.889. The van der Waals surface area contributed by atoms with E-state index in [9.17, 15) is 9.90 Å². The van der Waals surface area contributed by atoms with Gasteiger partial charge in [-0.1, -0.05) is 12.1 Å². The number of fused-ring (bicyclic) bond motifs is 5. The summed E-state index contributed by atoms with van der Waals surface area (Å²) < 4.78 is 6.42. The van der Waals surface area contributed by atoms with Crippen molar-refractivity contribution in [3.05, 3.63) is 51.5 Å². The number of methoxy groups -OCH3 is 1. The van der Waals surface area contributed by atoms with Gasteiger partial charge in [-0.05, 0) is 45.3 Å². The molecular weight excluding hydrogens is 346 g/mol. The molecule has 0 fully saturated rings. The fourth-order valence-electron chi connectivity index (χ4n) is 3.29. The van der Waals surface area contributed by atoms with Gasteiger partial charge in [-0.2, -0.15) is 0 Å². The third-order valence-corrected chi connectivity index (χ3v) is 4.83. The average molecular weight is 358 g/mol. The van der Waals surface area contributed by atoms with E-state index in [-0.39, 0.29) is 0 Å². The molecule has 1 aromatic heterocycles. The lowest BCUT2D eigenvalue weighted by molar-refractivity contribution is 0.0696. The monoisotopic (exact) mass is 357 g/mol. The van der Waals surface area contributed by atoms with Crippen LogP contribution in [-0.2, 0) is 6.42 Å². The number of aromatic carboxylic acids is 1. The van der Waals surface area contributed by atoms with Gasteiger partial charge in [0.05, 0.1) is 22.8 Å². The molecule has 4 nitrogen and oxygen atoms in total. The van der Waals surface area contributed by atoms with Crippen molar-refractivity contribution in [2.75, 3.05) is 7.11 Å². The highest BCUT2D eigenvalue weighted by atomic mass is 79.9. The molecule has 1 aliphatic rings. The molecule has 22 heavy (non-hydrogen) atoms. The molecule has 4 rings (SSSR count). The molecule has 3 aromatic rings. The van der Waals surface area contributed by atoms with Gasteiger partial charge in [-0.15, -0.1) is 0 Å². The normalized spacial score (nSPS) is 12.3. The summed E-state index contributed by atoms with van der Waals surface area (Å²) in [5.41, 5.74) is 5.27. The summed E-state index contributed by atoms with van der Waals surface area (Å²) >= 11 is 3.51. The molecule has 1 aliphatic carbocycles. The second kappa shape index (κ2) is 4.61. The van der Waals surface area contributed by atoms with Gasteiger partial charge in [0.15, 0.2) is 0 Å². The highest BCUT2D eigenvalue weighted by Crippen LogP contribution is 2.46. The van der Waals surface area contributed by atoms with Gasteiger partial charge in [-0.3, -0.25) is 0 Å². The highest BCUT2D eigenvalue weighted by Gasteiger charge is 2.28. The molecule has 0 saturated carbocycles. The maximum atomic E-state index is 11.4. The first-order chi connectivity index (χ1) is 10.6. The molecule has 0 saturated heterocycles. The smallest absolute Gasteiger partial charge is 0.335 e. The Morgan fingerprint density at radius 2 is 2.09 bits per heavy atom. The number of carboxylic acid groups (broad SMARTS) is 1. The molecule has 0 amide bonds. The van der Waals surface area contributed by atoms with Crippen molar-refractivity contribution >= 4 is 32.8 Å². The molecule has 0 radical (unpaired) electrons. The van der Waals surface area contributed by atoms with Crippen LogP contribution in [0.15, 0.2) is 34.8 Å². The number of ether oxygens (including phenoxy) is 1. The predicted octanol–water partition coefficient (Wildman–Crippen LogP) is 4.21. The van der Waals surface area contributed by atoms with Crippen LogP contribution in [0.5, 0.6) is 5.75 Å². The van der Waals surface area contributed by atoms with Crippen molar-refractivity contribution in [1.82, 2.24) is 4.98 Å². The third kappa shape index (κ3) is 1.66. The minimum absolute atomic E-state index is 0.365. The largest absolute Gasteiger partial charge is 0.495 e. The number of benzene rings is 2. The second-order valence-corrected chi connectivity index (χ2v) is 6.15. The lowest BCUT2D eigenvalue weighted by Gasteiger charge is -2.07. The maximum absolute atomic E-state index is 11.4. The number of nitrogens with one attached hydrogen (secondary N) is 1. The summed E-state index contributed by atoms with van der Waals surface area (Å²) in [5.74, 6) is -0.112. The van der Waals surface area contributed by atoms with Crippen LogP contribution in [0.2, 0.25) is 0 Å². The molecular formula is C17H12BrNO3. The van der Waals surface area contributed by atoms with Crippen LogP contribution in [0.1, 0.15) is 21.5 Å². The van der Waals surface area contributed by atoms with Gasteiger partial charge in [0.1, 0.15) is 5.75 Å². The van der Waals surface area contributed by atoms with Crippen LogP contribution >= 0.6 is 15.9 Å². The third-order valence-electron chi connectivity index (χ3n) is 4.21. The molecule has 110 valence electrons. The quantitative estimate of drug-likeness (QED) is 0.564. The highest BCUT2D eigenvalue weighted by molar-refractivity contribution is 9.10. The molecule has 1 heterocycles. The van der Waals surface area contributed by atoms with Crippen LogP contribution in [0.3, 0.4) is 0 Å². The van der Waals surface area contributed by atoms with Crippen molar-refractivity contribution < 1.29 is 14.6 Å². The Hall–Kier alpha value is -2.27. The molecule has 0 bridgehead atoms. The van der Waals surface area contributed by atoms with Crippen molar-refractivity contribution in [3.63, 3.8) is 0 Å². The van der Waals surface area contributed by atoms with E-state index in [1.54, 1.807) is 19.2 Å². The standard InChI is InChI=1S/C17H12BrNO3/c1-22-16-12(18)5-6-13-14(16)11-7-10-8(15(11)19-13)3-2-4-9(10)17(20)21/h2-6,19H,7H2,1H3,(H,20,21). The molecule has 0 aliphatic heterocycles. The van der Waals surface area contributed by atoms with E-state index in [4.69, 9.17) is 4.74 Å². The summed E-state index contributed by atoms with van der Waals surface area (Å²) in [5, 5.41) is 10.4. The van der Waals surface area contributed by atoms with E-state index >= 15 is 0 Å². The number of halogens is 1. The summed E-state index contributed by atoms with van der Waals surface area (Å²) in [6.45, 7) is 0. The molecule has 2 N–H and O–H groups in total. The lowest BCUT2D eigenvalue weighted by atomic mass is 10.0. The zero-order valence-electron chi connectivity index (χ0n) is 11.7. The number of H-pyrrole nitrogens is 1. The lowest BCUT2D eigenvalue weighted by Crippen LogP contribution is -2.01. The number of aromatic amines is 1. The Bertz CT molecular complexity index is 943. The Kier molecular flexibility index (Phi) is 2.81. The zero-order valence-corrected chi connectivity index (χ0v) is 13.3. The van der Waals surface area contributed by atoms with Gasteiger partial charge in [0.25, 0.3) is 0 Å². The fraction of sp³-hybridized carbons (Fsp3) is 0.118. The van der Waals surface area contributed by atoms with E-state index < -0.39 is 5.97 Å². The molecule has 0 atom stereocenters. The van der Waals surface area contributed by atoms with Gasteiger partial charge >= 0.3 is 5.97 Å². The predicted molar refractivity (Wildman–Crippen MR) is 87.8 cm³/mol. The van der Waals surface area contributed by atoms with Gasteiger partial charge in [0.2, 0.25) is 0 Å². The summed E-state index contributed by atoms with van der Waals surface area (Å²) in [7, 11) is 1.64. The SMILES string of the molecule is COc1c(Br)ccc2[nH]c3c(c12)Cc1c(C(=O)O)cccc1-3. The molecule has 2 aromatic carbocycles. The minimum Gasteiger partial charge on any atom is -0.495 e. The Labute approximate surface area is 134 Å². The van der Waals surface area contributed by atoms with Crippen molar-refractivity contribution in [2.24, 2.45) is 0 Å². The zero-order chi connectivity index (χ0) is 15.4. The first-order valence-electron chi connectivity index (χ1n) is 6.84. The number of carboxylic acids is 1. The molecule has 0 unspecified atom stereocenters. The number of rotatable bonds is 2. The maximum Gasteiger partial charge on any atom is 0.335 e. The van der Waals surface area contributed by atoms with E-state index in [2.05, 4.69) is 20.9 Å². The number of aromatic nitrogens is 1. The van der Waals surface area contributed by atoms with E-state index in [1.165, 1.54) is 0 Å². The Morgan fingerprint density at radius 3 is 2.82 bits per heavy atom. The van der Waals surface area contributed by atoms with Crippen LogP contribution in [0, 0.1) is 0 Å². The number of carbonyl (C=O) groups is 1. The Balaban J connectivity index is 2.05. The molecule has 0 spiro atoms. The fourth-order valence-corrected chi connectivity index (χ4v) is 3.78. The van der Waals surface area contributed by atoms with Crippen LogP contribution in [0.25, 0.3) is 22.2 Å². The van der Waals surface area contributed by atoms with Crippen molar-refractivity contribution in [3.8, 4) is 17.0 Å². The Morgan fingerprint density at radius 1 is 1.27 bits per heavy atom. The van der Waals surface area contributed by atoms with Crippen molar-refractivity contribution in [1.29, 1.82) is 0 Å². The average Bonchev–Trinajstić information content (AvgIpc) is 3.03. The van der Waals surface area contributed by atoms with E-state index in [0.29, 0.717) is 12.0 Å². The summed E-state index contributed by atoms with van der Waals surface area (Å²) in [6.07, 6.45) is 0.597. The van der Waals surface area contributed by atoms with Gasteiger partial charge in [0, 0.05) is 22.9 Å². The van der Waals surface area contributed by atoms with E-state index in [0.717, 1.165) is 43.5 Å². The van der Waals surface area contributed by atoms with Gasteiger partial charge in [-0.25, -0.2) is 4.79 Å². The summed E-state index contributed by atoms with van der Waals surface area (Å²) in [4.78, 5) is 14.8. The van der Waals surface area contributed by atoms with Crippen LogP contribution in [-0.4, -0.2) is 23.2 Å². The number of hydrogen-bond acceptors (Lipinski definition) is 2. The van der Waals surface area contributed by atoms with Crippen LogP contribution in [0.4, 0.5) is 0 Å². The van der Waals surface area contributed by atoms with Crippen LogP contribution < -0.4 is 4.74 Å². The number of hydrogen-bond donors (Lipinski definition) is 2.